The Morgan fingerprint density at radius 1 is 1.36 bits per heavy atom. The molecule has 0 spiro atoms. The first-order chi connectivity index (χ1) is 12.2. The second-order valence-corrected chi connectivity index (χ2v) is 7.30. The number of hydrogen-bond donors (Lipinski definition) is 0. The van der Waals surface area contributed by atoms with Crippen LogP contribution in [0.25, 0.3) is 0 Å². The van der Waals surface area contributed by atoms with Gasteiger partial charge in [-0.05, 0) is 37.8 Å². The third kappa shape index (κ3) is 4.75. The van der Waals surface area contributed by atoms with Gasteiger partial charge in [-0.25, -0.2) is 0 Å². The van der Waals surface area contributed by atoms with E-state index in [-0.39, 0.29) is 11.5 Å². The van der Waals surface area contributed by atoms with Crippen molar-refractivity contribution >= 4 is 0 Å². The fraction of sp³-hybridized carbons (Fsp3) is 0.600. The maximum absolute atomic E-state index is 5.81. The number of allylic oxidation sites excluding steroid dienone is 3. The molecule has 2 unspecified atom stereocenters. The number of nitrogens with zero attached hydrogens (tertiary/aromatic N) is 1. The maximum atomic E-state index is 5.81. The third-order valence-corrected chi connectivity index (χ3v) is 5.02. The number of methoxy groups -OCH3 is 1. The summed E-state index contributed by atoms with van der Waals surface area (Å²) >= 11 is 0. The summed E-state index contributed by atoms with van der Waals surface area (Å²) in [5.41, 5.74) is 1.50. The first-order valence-electron chi connectivity index (χ1n) is 9.05. The third-order valence-electron chi connectivity index (χ3n) is 5.02. The van der Waals surface area contributed by atoms with E-state index in [1.807, 2.05) is 0 Å². The average molecular weight is 347 g/mol. The smallest absolute Gasteiger partial charge is 0.160 e. The van der Waals surface area contributed by atoms with Gasteiger partial charge in [0, 0.05) is 19.1 Å². The highest BCUT2D eigenvalue weighted by molar-refractivity contribution is 5.30. The quantitative estimate of drug-likeness (QED) is 0.519. The topological polar surface area (TPSA) is 40.2 Å². The largest absolute Gasteiger partial charge is 0.466 e. The Labute approximate surface area is 150 Å². The Morgan fingerprint density at radius 3 is 3.00 bits per heavy atom. The first kappa shape index (κ1) is 18.2. The van der Waals surface area contributed by atoms with Crippen LogP contribution in [0, 0.1) is 5.41 Å². The molecule has 25 heavy (non-hydrogen) atoms. The van der Waals surface area contributed by atoms with Crippen LogP contribution in [-0.2, 0) is 18.9 Å². The molecule has 5 heteroatoms. The van der Waals surface area contributed by atoms with Crippen LogP contribution < -0.4 is 0 Å². The van der Waals surface area contributed by atoms with Crippen molar-refractivity contribution in [3.8, 4) is 0 Å². The number of piperidine rings is 1. The zero-order chi connectivity index (χ0) is 17.5. The van der Waals surface area contributed by atoms with Crippen LogP contribution in [0.2, 0.25) is 0 Å². The van der Waals surface area contributed by atoms with Gasteiger partial charge < -0.3 is 18.9 Å². The molecule has 0 saturated carbocycles. The van der Waals surface area contributed by atoms with Gasteiger partial charge in [-0.2, -0.15) is 0 Å². The summed E-state index contributed by atoms with van der Waals surface area (Å²) in [5, 5.41) is 0. The SMILES string of the molecule is COCOCC1(C)CCCN(C(C2=CC=CCC2)C2=COC=CO2)C1. The van der Waals surface area contributed by atoms with E-state index in [1.54, 1.807) is 25.9 Å². The van der Waals surface area contributed by atoms with Crippen molar-refractivity contribution in [2.24, 2.45) is 5.41 Å². The molecular weight excluding hydrogens is 318 g/mol. The van der Waals surface area contributed by atoms with E-state index in [1.165, 1.54) is 5.57 Å². The molecule has 3 aliphatic rings. The van der Waals surface area contributed by atoms with Crippen LogP contribution >= 0.6 is 0 Å². The standard InChI is InChI=1S/C20H29NO4/c1-20(15-24-16-22-2)9-6-10-21(14-20)19(17-7-4-3-5-8-17)18-13-23-11-12-25-18/h3-4,7,11-13,19H,5-6,8-10,14-16H2,1-2H3. The molecule has 0 radical (unpaired) electrons. The number of hydrogen-bond acceptors (Lipinski definition) is 5. The summed E-state index contributed by atoms with van der Waals surface area (Å²) < 4.78 is 21.9. The Hall–Kier alpha value is -1.56. The van der Waals surface area contributed by atoms with Crippen LogP contribution in [0.5, 0.6) is 0 Å². The summed E-state index contributed by atoms with van der Waals surface area (Å²) in [5.74, 6) is 0.867. The van der Waals surface area contributed by atoms with Gasteiger partial charge >= 0.3 is 0 Å². The van der Waals surface area contributed by atoms with Crippen molar-refractivity contribution in [1.82, 2.24) is 4.90 Å². The van der Waals surface area contributed by atoms with Crippen molar-refractivity contribution in [3.05, 3.63) is 48.3 Å². The van der Waals surface area contributed by atoms with Gasteiger partial charge in [-0.1, -0.05) is 25.2 Å². The molecule has 0 aromatic rings. The molecule has 0 aromatic heterocycles. The van der Waals surface area contributed by atoms with Crippen LogP contribution in [0.15, 0.2) is 48.3 Å². The predicted octanol–water partition coefficient (Wildman–Crippen LogP) is 3.71. The van der Waals surface area contributed by atoms with E-state index in [9.17, 15) is 0 Å². The van der Waals surface area contributed by atoms with Crippen molar-refractivity contribution < 1.29 is 18.9 Å². The van der Waals surface area contributed by atoms with E-state index in [4.69, 9.17) is 18.9 Å². The molecule has 2 atom stereocenters. The first-order valence-corrected chi connectivity index (χ1v) is 9.05. The molecule has 2 heterocycles. The highest BCUT2D eigenvalue weighted by Gasteiger charge is 2.37. The van der Waals surface area contributed by atoms with Crippen molar-refractivity contribution in [3.63, 3.8) is 0 Å². The maximum Gasteiger partial charge on any atom is 0.160 e. The molecule has 5 nitrogen and oxygen atoms in total. The lowest BCUT2D eigenvalue weighted by Crippen LogP contribution is -2.50. The molecule has 2 aliphatic heterocycles. The van der Waals surface area contributed by atoms with Gasteiger partial charge in [-0.3, -0.25) is 4.90 Å². The van der Waals surface area contributed by atoms with E-state index in [0.29, 0.717) is 13.4 Å². The highest BCUT2D eigenvalue weighted by atomic mass is 16.7. The summed E-state index contributed by atoms with van der Waals surface area (Å²) in [6.07, 6.45) is 15.9. The zero-order valence-electron chi connectivity index (χ0n) is 15.3. The lowest BCUT2D eigenvalue weighted by Gasteiger charge is -2.44. The fourth-order valence-electron chi connectivity index (χ4n) is 3.91. The molecule has 1 saturated heterocycles. The number of likely N-dealkylation sites (tertiary alicyclic amines) is 1. The monoisotopic (exact) mass is 347 g/mol. The Morgan fingerprint density at radius 2 is 2.28 bits per heavy atom. The summed E-state index contributed by atoms with van der Waals surface area (Å²) in [6, 6.07) is 0.122. The van der Waals surface area contributed by atoms with Crippen LogP contribution in [-0.4, -0.2) is 44.5 Å². The minimum atomic E-state index is 0.117. The van der Waals surface area contributed by atoms with Crippen LogP contribution in [0.3, 0.4) is 0 Å². The second-order valence-electron chi connectivity index (χ2n) is 7.30. The van der Waals surface area contributed by atoms with Gasteiger partial charge in [0.15, 0.2) is 5.76 Å². The average Bonchev–Trinajstić information content (AvgIpc) is 2.64. The van der Waals surface area contributed by atoms with Gasteiger partial charge in [0.1, 0.15) is 25.6 Å². The van der Waals surface area contributed by atoms with E-state index in [2.05, 4.69) is 30.1 Å². The predicted molar refractivity (Wildman–Crippen MR) is 96.4 cm³/mol. The fourth-order valence-corrected chi connectivity index (χ4v) is 3.91. The summed E-state index contributed by atoms with van der Waals surface area (Å²) in [6.45, 7) is 5.37. The minimum Gasteiger partial charge on any atom is -0.466 e. The summed E-state index contributed by atoms with van der Waals surface area (Å²) in [7, 11) is 1.66. The Kier molecular flexibility index (Phi) is 6.34. The molecule has 0 bridgehead atoms. The van der Waals surface area contributed by atoms with Crippen LogP contribution in [0.4, 0.5) is 0 Å². The molecule has 0 N–H and O–H groups in total. The Bertz CT molecular complexity index is 566. The lowest BCUT2D eigenvalue weighted by atomic mass is 9.81. The minimum absolute atomic E-state index is 0.117. The van der Waals surface area contributed by atoms with Crippen molar-refractivity contribution in [1.29, 1.82) is 0 Å². The van der Waals surface area contributed by atoms with Gasteiger partial charge in [0.2, 0.25) is 0 Å². The van der Waals surface area contributed by atoms with Crippen LogP contribution in [0.1, 0.15) is 32.6 Å². The Balaban J connectivity index is 1.76. The molecule has 0 amide bonds. The van der Waals surface area contributed by atoms with E-state index >= 15 is 0 Å². The number of ether oxygens (including phenoxy) is 4. The lowest BCUT2D eigenvalue weighted by molar-refractivity contribution is -0.0785. The highest BCUT2D eigenvalue weighted by Crippen LogP contribution is 2.36. The summed E-state index contributed by atoms with van der Waals surface area (Å²) in [4.78, 5) is 2.51. The van der Waals surface area contributed by atoms with Crippen molar-refractivity contribution in [2.45, 2.75) is 38.6 Å². The van der Waals surface area contributed by atoms with Gasteiger partial charge in [0.25, 0.3) is 0 Å². The molecular formula is C20H29NO4. The van der Waals surface area contributed by atoms with E-state index < -0.39 is 0 Å². The zero-order valence-corrected chi connectivity index (χ0v) is 15.3. The van der Waals surface area contributed by atoms with Gasteiger partial charge in [-0.15, -0.1) is 0 Å². The molecule has 0 aromatic carbocycles. The molecule has 138 valence electrons. The molecule has 1 fully saturated rings. The number of rotatable bonds is 7. The van der Waals surface area contributed by atoms with Gasteiger partial charge in [0.05, 0.1) is 12.6 Å². The van der Waals surface area contributed by atoms with Crippen molar-refractivity contribution in [2.75, 3.05) is 33.6 Å². The second kappa shape index (κ2) is 8.70. The van der Waals surface area contributed by atoms with E-state index in [0.717, 1.165) is 44.5 Å². The molecule has 3 rings (SSSR count). The molecule has 1 aliphatic carbocycles. The normalized spacial score (nSPS) is 27.9.